The minimum absolute atomic E-state index is 0.0473. The Morgan fingerprint density at radius 3 is 2.54 bits per heavy atom. The molecule has 1 rings (SSSR count). The predicted octanol–water partition coefficient (Wildman–Crippen LogP) is 0.222. The fourth-order valence-corrected chi connectivity index (χ4v) is 1.33. The third-order valence-corrected chi connectivity index (χ3v) is 2.03. The van der Waals surface area contributed by atoms with E-state index in [1.807, 2.05) is 0 Å². The largest absolute Gasteiger partial charge is 0.355 e. The molecule has 1 heterocycles. The molecule has 1 aliphatic heterocycles. The van der Waals surface area contributed by atoms with E-state index in [1.54, 1.807) is 6.92 Å². The van der Waals surface area contributed by atoms with Crippen molar-refractivity contribution < 1.29 is 4.79 Å². The SMILES string of the molecule is CC(=O)NCCN1CCC#CCC1. The fraction of sp³-hybridized carbons (Fsp3) is 0.700. The van der Waals surface area contributed by atoms with Gasteiger partial charge in [-0.05, 0) is 0 Å². The molecule has 1 aliphatic rings. The molecule has 3 nitrogen and oxygen atoms in total. The van der Waals surface area contributed by atoms with Crippen molar-refractivity contribution in [3.8, 4) is 11.8 Å². The van der Waals surface area contributed by atoms with E-state index < -0.39 is 0 Å². The molecule has 0 aliphatic carbocycles. The minimum atomic E-state index is 0.0473. The molecule has 0 bridgehead atoms. The molecule has 3 heteroatoms. The Hall–Kier alpha value is -1.01. The molecule has 72 valence electrons. The molecule has 0 aromatic heterocycles. The van der Waals surface area contributed by atoms with E-state index in [0.29, 0.717) is 0 Å². The van der Waals surface area contributed by atoms with Crippen molar-refractivity contribution in [1.29, 1.82) is 0 Å². The second-order valence-electron chi connectivity index (χ2n) is 3.18. The number of hydrogen-bond acceptors (Lipinski definition) is 2. The van der Waals surface area contributed by atoms with Gasteiger partial charge in [-0.15, -0.1) is 11.8 Å². The lowest BCUT2D eigenvalue weighted by molar-refractivity contribution is -0.119. The Morgan fingerprint density at radius 1 is 1.38 bits per heavy atom. The van der Waals surface area contributed by atoms with Crippen molar-refractivity contribution in [2.45, 2.75) is 19.8 Å². The Labute approximate surface area is 79.5 Å². The molecule has 0 radical (unpaired) electrons. The molecule has 1 amide bonds. The van der Waals surface area contributed by atoms with Gasteiger partial charge in [0.05, 0.1) is 0 Å². The Bertz CT molecular complexity index is 215. The first-order chi connectivity index (χ1) is 6.29. The standard InChI is InChI=1S/C10H16N2O/c1-10(13)11-6-9-12-7-4-2-3-5-8-12/h4-9H2,1H3,(H,11,13). The van der Waals surface area contributed by atoms with Crippen LogP contribution in [0.3, 0.4) is 0 Å². The van der Waals surface area contributed by atoms with Crippen LogP contribution in [0.25, 0.3) is 0 Å². The molecule has 0 unspecified atom stereocenters. The van der Waals surface area contributed by atoms with Crippen LogP contribution in [0.4, 0.5) is 0 Å². The van der Waals surface area contributed by atoms with Crippen molar-refractivity contribution in [3.63, 3.8) is 0 Å². The lowest BCUT2D eigenvalue weighted by atomic mass is 10.4. The molecule has 0 atom stereocenters. The predicted molar refractivity (Wildman–Crippen MR) is 52.1 cm³/mol. The van der Waals surface area contributed by atoms with Gasteiger partial charge in [0.25, 0.3) is 0 Å². The van der Waals surface area contributed by atoms with E-state index in [9.17, 15) is 4.79 Å². The van der Waals surface area contributed by atoms with Gasteiger partial charge in [0, 0.05) is 45.9 Å². The highest BCUT2D eigenvalue weighted by molar-refractivity contribution is 5.72. The normalized spacial score (nSPS) is 17.0. The van der Waals surface area contributed by atoms with Crippen LogP contribution >= 0.6 is 0 Å². The summed E-state index contributed by atoms with van der Waals surface area (Å²) in [6.45, 7) is 5.29. The zero-order valence-electron chi connectivity index (χ0n) is 8.10. The zero-order valence-corrected chi connectivity index (χ0v) is 8.10. The summed E-state index contributed by atoms with van der Waals surface area (Å²) < 4.78 is 0. The molecule has 0 fully saturated rings. The number of amides is 1. The van der Waals surface area contributed by atoms with E-state index in [1.165, 1.54) is 0 Å². The summed E-state index contributed by atoms with van der Waals surface area (Å²) in [6.07, 6.45) is 1.92. The van der Waals surface area contributed by atoms with E-state index in [2.05, 4.69) is 22.1 Å². The maximum Gasteiger partial charge on any atom is 0.216 e. The second-order valence-corrected chi connectivity index (χ2v) is 3.18. The molecular weight excluding hydrogens is 164 g/mol. The molecule has 0 aromatic carbocycles. The molecule has 1 N–H and O–H groups in total. The maximum atomic E-state index is 10.6. The average molecular weight is 180 g/mol. The van der Waals surface area contributed by atoms with Gasteiger partial charge in [-0.25, -0.2) is 0 Å². The van der Waals surface area contributed by atoms with E-state index in [-0.39, 0.29) is 5.91 Å². The van der Waals surface area contributed by atoms with E-state index in [0.717, 1.165) is 39.0 Å². The summed E-state index contributed by atoms with van der Waals surface area (Å²) in [4.78, 5) is 12.9. The fourth-order valence-electron chi connectivity index (χ4n) is 1.33. The van der Waals surface area contributed by atoms with Gasteiger partial charge in [-0.1, -0.05) is 0 Å². The molecule has 0 saturated heterocycles. The molecule has 0 aromatic rings. The molecule has 0 saturated carbocycles. The Kier molecular flexibility index (Phi) is 4.34. The third-order valence-electron chi connectivity index (χ3n) is 2.03. The summed E-state index contributed by atoms with van der Waals surface area (Å²) in [6, 6.07) is 0. The third kappa shape index (κ3) is 4.54. The second kappa shape index (κ2) is 5.60. The number of hydrogen-bond donors (Lipinski definition) is 1. The van der Waals surface area contributed by atoms with Crippen molar-refractivity contribution >= 4 is 5.91 Å². The van der Waals surface area contributed by atoms with Gasteiger partial charge in [-0.3, -0.25) is 9.69 Å². The Morgan fingerprint density at radius 2 is 2.00 bits per heavy atom. The van der Waals surface area contributed by atoms with Gasteiger partial charge in [0.2, 0.25) is 5.91 Å². The number of carbonyl (C=O) groups is 1. The number of carbonyl (C=O) groups excluding carboxylic acids is 1. The molecular formula is C10H16N2O. The molecule has 0 spiro atoms. The van der Waals surface area contributed by atoms with Gasteiger partial charge in [0.1, 0.15) is 0 Å². The van der Waals surface area contributed by atoms with Crippen LogP contribution in [0.5, 0.6) is 0 Å². The van der Waals surface area contributed by atoms with Crippen molar-refractivity contribution in [2.24, 2.45) is 0 Å². The lowest BCUT2D eigenvalue weighted by Gasteiger charge is -2.18. The number of nitrogens with one attached hydrogen (secondary N) is 1. The highest BCUT2D eigenvalue weighted by Crippen LogP contribution is 1.96. The average Bonchev–Trinajstić information content (AvgIpc) is 2.32. The van der Waals surface area contributed by atoms with Crippen molar-refractivity contribution in [1.82, 2.24) is 10.2 Å². The van der Waals surface area contributed by atoms with Crippen LogP contribution in [0.15, 0.2) is 0 Å². The number of nitrogens with zero attached hydrogens (tertiary/aromatic N) is 1. The van der Waals surface area contributed by atoms with E-state index >= 15 is 0 Å². The van der Waals surface area contributed by atoms with Crippen LogP contribution in [0, 0.1) is 11.8 Å². The van der Waals surface area contributed by atoms with Crippen molar-refractivity contribution in [3.05, 3.63) is 0 Å². The summed E-state index contributed by atoms with van der Waals surface area (Å²) in [5.41, 5.74) is 0. The highest BCUT2D eigenvalue weighted by atomic mass is 16.1. The summed E-state index contributed by atoms with van der Waals surface area (Å²) in [5, 5.41) is 2.79. The first kappa shape index (κ1) is 10.1. The minimum Gasteiger partial charge on any atom is -0.355 e. The van der Waals surface area contributed by atoms with Gasteiger partial charge in [0.15, 0.2) is 0 Å². The van der Waals surface area contributed by atoms with Crippen LogP contribution in [0.2, 0.25) is 0 Å². The van der Waals surface area contributed by atoms with Gasteiger partial charge >= 0.3 is 0 Å². The Balaban J connectivity index is 2.11. The van der Waals surface area contributed by atoms with Crippen molar-refractivity contribution in [2.75, 3.05) is 26.2 Å². The van der Waals surface area contributed by atoms with Gasteiger partial charge in [-0.2, -0.15) is 0 Å². The number of rotatable bonds is 3. The summed E-state index contributed by atoms with van der Waals surface area (Å²) >= 11 is 0. The van der Waals surface area contributed by atoms with Crippen LogP contribution in [-0.2, 0) is 4.79 Å². The smallest absolute Gasteiger partial charge is 0.216 e. The first-order valence-electron chi connectivity index (χ1n) is 4.71. The van der Waals surface area contributed by atoms with Crippen LogP contribution < -0.4 is 5.32 Å². The highest BCUT2D eigenvalue weighted by Gasteiger charge is 2.04. The van der Waals surface area contributed by atoms with E-state index in [4.69, 9.17) is 0 Å². The van der Waals surface area contributed by atoms with Crippen LogP contribution in [-0.4, -0.2) is 37.0 Å². The lowest BCUT2D eigenvalue weighted by Crippen LogP contribution is -2.34. The quantitative estimate of drug-likeness (QED) is 0.630. The maximum absolute atomic E-state index is 10.6. The topological polar surface area (TPSA) is 32.3 Å². The summed E-state index contributed by atoms with van der Waals surface area (Å²) in [7, 11) is 0. The molecule has 13 heavy (non-hydrogen) atoms. The summed E-state index contributed by atoms with van der Waals surface area (Å²) in [5.74, 6) is 6.24. The van der Waals surface area contributed by atoms with Gasteiger partial charge < -0.3 is 5.32 Å². The zero-order chi connectivity index (χ0) is 9.52. The first-order valence-corrected chi connectivity index (χ1v) is 4.71. The van der Waals surface area contributed by atoms with Crippen LogP contribution in [0.1, 0.15) is 19.8 Å². The monoisotopic (exact) mass is 180 g/mol.